The summed E-state index contributed by atoms with van der Waals surface area (Å²) in [4.78, 5) is 17.1. The quantitative estimate of drug-likeness (QED) is 0.215. The molecule has 4 aromatic rings. The van der Waals surface area contributed by atoms with Crippen LogP contribution in [-0.2, 0) is 0 Å². The van der Waals surface area contributed by atoms with Crippen molar-refractivity contribution in [2.24, 2.45) is 5.10 Å². The number of hydrazone groups is 1. The maximum atomic E-state index is 12.4. The number of rotatable bonds is 8. The van der Waals surface area contributed by atoms with Crippen LogP contribution in [-0.4, -0.2) is 23.7 Å². The molecular weight excluding hydrogens is 432 g/mol. The minimum atomic E-state index is -0.315. The van der Waals surface area contributed by atoms with E-state index in [1.165, 1.54) is 17.6 Å². The standard InChI is InChI=1S/C26H20N4O2S/c1-2-16-32-24-11-7-6-8-21(24)17-27-30-25(31)20-14-12-19(13-15-20)23-18-33-26(29-23)28-22-9-4-3-5-10-22/h1,3-15,17-18H,16H2,(H,28,29)(H,30,31)/b27-17-. The molecule has 0 atom stereocenters. The summed E-state index contributed by atoms with van der Waals surface area (Å²) in [6.07, 6.45) is 6.76. The lowest BCUT2D eigenvalue weighted by Gasteiger charge is -2.05. The van der Waals surface area contributed by atoms with E-state index in [1.807, 2.05) is 66.0 Å². The summed E-state index contributed by atoms with van der Waals surface area (Å²) in [6, 6.07) is 24.4. The second kappa shape index (κ2) is 10.8. The first kappa shape index (κ1) is 21.8. The number of amides is 1. The van der Waals surface area contributed by atoms with E-state index >= 15 is 0 Å². The third-order valence-electron chi connectivity index (χ3n) is 4.57. The van der Waals surface area contributed by atoms with Crippen LogP contribution in [0.5, 0.6) is 5.75 Å². The molecule has 3 aromatic carbocycles. The molecule has 1 amide bonds. The molecule has 0 aliphatic rings. The highest BCUT2D eigenvalue weighted by Gasteiger charge is 2.08. The van der Waals surface area contributed by atoms with Gasteiger partial charge < -0.3 is 10.1 Å². The van der Waals surface area contributed by atoms with Gasteiger partial charge in [-0.1, -0.05) is 48.4 Å². The SMILES string of the molecule is C#CCOc1ccccc1/C=N\NC(=O)c1ccc(-c2csc(Nc3ccccc3)n2)cc1. The van der Waals surface area contributed by atoms with Crippen LogP contribution in [0.1, 0.15) is 15.9 Å². The number of thiazole rings is 1. The zero-order valence-corrected chi connectivity index (χ0v) is 18.4. The van der Waals surface area contributed by atoms with Crippen LogP contribution in [0.4, 0.5) is 10.8 Å². The van der Waals surface area contributed by atoms with E-state index in [0.717, 1.165) is 22.1 Å². The Morgan fingerprint density at radius 1 is 1.06 bits per heavy atom. The first-order valence-corrected chi connectivity index (χ1v) is 11.0. The van der Waals surface area contributed by atoms with Crippen molar-refractivity contribution in [2.45, 2.75) is 0 Å². The fourth-order valence-electron chi connectivity index (χ4n) is 2.96. The normalized spacial score (nSPS) is 10.5. The Morgan fingerprint density at radius 2 is 1.82 bits per heavy atom. The zero-order valence-electron chi connectivity index (χ0n) is 17.6. The van der Waals surface area contributed by atoms with Crippen LogP contribution in [0.15, 0.2) is 89.3 Å². The molecule has 6 nitrogen and oxygen atoms in total. The number of aromatic nitrogens is 1. The van der Waals surface area contributed by atoms with Gasteiger partial charge in [-0.2, -0.15) is 5.10 Å². The Bertz CT molecular complexity index is 1290. The van der Waals surface area contributed by atoms with E-state index in [0.29, 0.717) is 16.9 Å². The lowest BCUT2D eigenvalue weighted by molar-refractivity contribution is 0.0955. The highest BCUT2D eigenvalue weighted by Crippen LogP contribution is 2.27. The van der Waals surface area contributed by atoms with Crippen LogP contribution in [0.25, 0.3) is 11.3 Å². The Kier molecular flexibility index (Phi) is 7.11. The van der Waals surface area contributed by atoms with Crippen molar-refractivity contribution >= 4 is 34.3 Å². The van der Waals surface area contributed by atoms with Gasteiger partial charge in [0.25, 0.3) is 5.91 Å². The van der Waals surface area contributed by atoms with E-state index in [9.17, 15) is 4.79 Å². The number of ether oxygens (including phenoxy) is 1. The van der Waals surface area contributed by atoms with Crippen molar-refractivity contribution < 1.29 is 9.53 Å². The number of anilines is 2. The zero-order chi connectivity index (χ0) is 22.9. The lowest BCUT2D eigenvalue weighted by atomic mass is 10.1. The first-order valence-electron chi connectivity index (χ1n) is 10.1. The predicted molar refractivity (Wildman–Crippen MR) is 133 cm³/mol. The molecule has 0 saturated carbocycles. The number of nitrogens with one attached hydrogen (secondary N) is 2. The molecule has 0 fully saturated rings. The highest BCUT2D eigenvalue weighted by atomic mass is 32.1. The average Bonchev–Trinajstić information content (AvgIpc) is 3.32. The molecule has 33 heavy (non-hydrogen) atoms. The molecule has 1 aromatic heterocycles. The number of hydrogen-bond acceptors (Lipinski definition) is 6. The number of hydrogen-bond donors (Lipinski definition) is 2. The van der Waals surface area contributed by atoms with E-state index < -0.39 is 0 Å². The van der Waals surface area contributed by atoms with Crippen LogP contribution in [0.3, 0.4) is 0 Å². The Labute approximate surface area is 196 Å². The summed E-state index contributed by atoms with van der Waals surface area (Å²) >= 11 is 1.52. The summed E-state index contributed by atoms with van der Waals surface area (Å²) in [5.74, 6) is 2.71. The number of benzene rings is 3. The maximum Gasteiger partial charge on any atom is 0.271 e. The van der Waals surface area contributed by atoms with Crippen LogP contribution in [0, 0.1) is 12.3 Å². The largest absolute Gasteiger partial charge is 0.480 e. The van der Waals surface area contributed by atoms with Gasteiger partial charge in [0.1, 0.15) is 12.4 Å². The molecule has 4 rings (SSSR count). The van der Waals surface area contributed by atoms with E-state index in [2.05, 4.69) is 26.7 Å². The second-order valence-electron chi connectivity index (χ2n) is 6.84. The van der Waals surface area contributed by atoms with E-state index in [1.54, 1.807) is 18.2 Å². The van der Waals surface area contributed by atoms with Gasteiger partial charge in [0.2, 0.25) is 0 Å². The number of carbonyl (C=O) groups is 1. The number of nitrogens with zero attached hydrogens (tertiary/aromatic N) is 2. The molecule has 0 saturated heterocycles. The van der Waals surface area contributed by atoms with E-state index in [4.69, 9.17) is 11.2 Å². The van der Waals surface area contributed by atoms with Gasteiger partial charge in [0.05, 0.1) is 11.9 Å². The Balaban J connectivity index is 1.37. The minimum absolute atomic E-state index is 0.159. The van der Waals surface area contributed by atoms with Crippen molar-refractivity contribution in [1.29, 1.82) is 0 Å². The molecule has 0 spiro atoms. The van der Waals surface area contributed by atoms with Gasteiger partial charge >= 0.3 is 0 Å². The van der Waals surface area contributed by atoms with Gasteiger partial charge in [-0.3, -0.25) is 4.79 Å². The van der Waals surface area contributed by atoms with Gasteiger partial charge in [-0.05, 0) is 36.4 Å². The molecule has 0 radical (unpaired) electrons. The minimum Gasteiger partial charge on any atom is -0.480 e. The van der Waals surface area contributed by atoms with Gasteiger partial charge in [0.15, 0.2) is 5.13 Å². The first-order chi connectivity index (χ1) is 16.2. The molecule has 0 aliphatic heterocycles. The van der Waals surface area contributed by atoms with Gasteiger partial charge in [-0.25, -0.2) is 10.4 Å². The summed E-state index contributed by atoms with van der Waals surface area (Å²) in [6.45, 7) is 0.159. The van der Waals surface area contributed by atoms with Crippen molar-refractivity contribution in [2.75, 3.05) is 11.9 Å². The van der Waals surface area contributed by atoms with Crippen molar-refractivity contribution in [3.05, 3.63) is 95.4 Å². The summed E-state index contributed by atoms with van der Waals surface area (Å²) in [5.41, 5.74) is 6.48. The molecule has 0 bridgehead atoms. The molecule has 162 valence electrons. The molecule has 0 unspecified atom stereocenters. The predicted octanol–water partition coefficient (Wildman–Crippen LogP) is 5.33. The fraction of sp³-hybridized carbons (Fsp3) is 0.0385. The Morgan fingerprint density at radius 3 is 2.61 bits per heavy atom. The maximum absolute atomic E-state index is 12.4. The topological polar surface area (TPSA) is 75.6 Å². The van der Waals surface area contributed by atoms with Gasteiger partial charge in [0, 0.05) is 27.8 Å². The number of carbonyl (C=O) groups excluding carboxylic acids is 1. The lowest BCUT2D eigenvalue weighted by Crippen LogP contribution is -2.17. The average molecular weight is 453 g/mol. The van der Waals surface area contributed by atoms with Crippen molar-refractivity contribution in [3.63, 3.8) is 0 Å². The Hall–Kier alpha value is -4.41. The van der Waals surface area contributed by atoms with Crippen molar-refractivity contribution in [1.82, 2.24) is 10.4 Å². The third-order valence-corrected chi connectivity index (χ3v) is 5.33. The van der Waals surface area contributed by atoms with Crippen LogP contribution >= 0.6 is 11.3 Å². The van der Waals surface area contributed by atoms with Crippen molar-refractivity contribution in [3.8, 4) is 29.4 Å². The van der Waals surface area contributed by atoms with E-state index in [-0.39, 0.29) is 12.5 Å². The summed E-state index contributed by atoms with van der Waals surface area (Å²) < 4.78 is 5.47. The van der Waals surface area contributed by atoms with Crippen LogP contribution in [0.2, 0.25) is 0 Å². The number of terminal acetylenes is 1. The molecular formula is C26H20N4O2S. The fourth-order valence-corrected chi connectivity index (χ4v) is 3.70. The molecule has 1 heterocycles. The molecule has 7 heteroatoms. The van der Waals surface area contributed by atoms with Crippen LogP contribution < -0.4 is 15.5 Å². The number of para-hydroxylation sites is 2. The smallest absolute Gasteiger partial charge is 0.271 e. The second-order valence-corrected chi connectivity index (χ2v) is 7.69. The molecule has 2 N–H and O–H groups in total. The monoisotopic (exact) mass is 452 g/mol. The highest BCUT2D eigenvalue weighted by molar-refractivity contribution is 7.14. The molecule has 0 aliphatic carbocycles. The summed E-state index contributed by atoms with van der Waals surface area (Å²) in [7, 11) is 0. The van der Waals surface area contributed by atoms with Gasteiger partial charge in [-0.15, -0.1) is 17.8 Å². The third kappa shape index (κ3) is 5.85. The summed E-state index contributed by atoms with van der Waals surface area (Å²) in [5, 5.41) is 10.1.